The van der Waals surface area contributed by atoms with Gasteiger partial charge in [-0.15, -0.1) is 24.0 Å². The van der Waals surface area contributed by atoms with E-state index in [9.17, 15) is 0 Å². The summed E-state index contributed by atoms with van der Waals surface area (Å²) in [5.74, 6) is 0.808. The standard InChI is InChI=1S/C23H31N5.HI/c1-4-25-23(27-17-22-12-8-11-21(15-22)16-24)26-14-13-19(2)28(3)18-20-9-6-5-7-10-20;/h5-12,15,19H,4,13-14,17-18H2,1-3H3,(H2,25,26,27);1H. The van der Waals surface area contributed by atoms with Crippen molar-refractivity contribution in [1.29, 1.82) is 5.26 Å². The van der Waals surface area contributed by atoms with E-state index in [0.29, 0.717) is 18.2 Å². The Balaban J connectivity index is 0.00000420. The van der Waals surface area contributed by atoms with E-state index in [-0.39, 0.29) is 24.0 Å². The van der Waals surface area contributed by atoms with E-state index in [1.807, 2.05) is 24.3 Å². The highest BCUT2D eigenvalue weighted by atomic mass is 127. The maximum atomic E-state index is 9.02. The summed E-state index contributed by atoms with van der Waals surface area (Å²) in [6, 6.07) is 20.8. The molecule has 0 saturated carbocycles. The van der Waals surface area contributed by atoms with Crippen LogP contribution in [0.1, 0.15) is 37.0 Å². The minimum absolute atomic E-state index is 0. The molecule has 1 unspecified atom stereocenters. The van der Waals surface area contributed by atoms with Gasteiger partial charge in [-0.25, -0.2) is 4.99 Å². The van der Waals surface area contributed by atoms with Crippen LogP contribution in [0.2, 0.25) is 0 Å². The van der Waals surface area contributed by atoms with Gasteiger partial charge in [-0.05, 0) is 50.6 Å². The van der Waals surface area contributed by atoms with E-state index in [1.165, 1.54) is 5.56 Å². The number of hydrogen-bond donors (Lipinski definition) is 2. The number of nitrogens with one attached hydrogen (secondary N) is 2. The lowest BCUT2D eigenvalue weighted by Crippen LogP contribution is -2.40. The van der Waals surface area contributed by atoms with Crippen LogP contribution in [0.4, 0.5) is 0 Å². The first-order valence-corrected chi connectivity index (χ1v) is 9.87. The molecule has 5 nitrogen and oxygen atoms in total. The Hall–Kier alpha value is -2.11. The van der Waals surface area contributed by atoms with Crippen LogP contribution in [0.3, 0.4) is 0 Å². The van der Waals surface area contributed by atoms with E-state index in [2.05, 4.69) is 77.8 Å². The average molecular weight is 505 g/mol. The molecule has 0 spiro atoms. The Morgan fingerprint density at radius 3 is 2.52 bits per heavy atom. The molecule has 156 valence electrons. The van der Waals surface area contributed by atoms with Gasteiger partial charge in [0.2, 0.25) is 0 Å². The van der Waals surface area contributed by atoms with E-state index >= 15 is 0 Å². The van der Waals surface area contributed by atoms with Crippen LogP contribution in [0.15, 0.2) is 59.6 Å². The number of halogens is 1. The maximum Gasteiger partial charge on any atom is 0.191 e. The molecule has 2 aromatic rings. The monoisotopic (exact) mass is 505 g/mol. The van der Waals surface area contributed by atoms with Gasteiger partial charge >= 0.3 is 0 Å². The Labute approximate surface area is 192 Å². The SMILES string of the molecule is CCNC(=NCc1cccc(C#N)c1)NCCC(C)N(C)Cc1ccccc1.I. The molecule has 6 heteroatoms. The van der Waals surface area contributed by atoms with Crippen molar-refractivity contribution in [2.45, 2.75) is 39.4 Å². The summed E-state index contributed by atoms with van der Waals surface area (Å²) in [4.78, 5) is 7.01. The number of hydrogen-bond acceptors (Lipinski definition) is 3. The molecule has 0 fully saturated rings. The molecule has 0 amide bonds. The van der Waals surface area contributed by atoms with Gasteiger partial charge in [0, 0.05) is 25.7 Å². The number of guanidine groups is 1. The van der Waals surface area contributed by atoms with Gasteiger partial charge in [0.05, 0.1) is 18.2 Å². The Morgan fingerprint density at radius 2 is 1.83 bits per heavy atom. The lowest BCUT2D eigenvalue weighted by atomic mass is 10.1. The smallest absolute Gasteiger partial charge is 0.191 e. The summed E-state index contributed by atoms with van der Waals surface area (Å²) in [5, 5.41) is 15.7. The van der Waals surface area contributed by atoms with Crippen molar-refractivity contribution in [3.63, 3.8) is 0 Å². The molecule has 29 heavy (non-hydrogen) atoms. The molecule has 0 aromatic heterocycles. The lowest BCUT2D eigenvalue weighted by Gasteiger charge is -2.25. The normalized spacial score (nSPS) is 12.0. The van der Waals surface area contributed by atoms with Crippen LogP contribution < -0.4 is 10.6 Å². The fourth-order valence-corrected chi connectivity index (χ4v) is 2.90. The molecular formula is C23H32IN5. The van der Waals surface area contributed by atoms with Crippen LogP contribution >= 0.6 is 24.0 Å². The molecular weight excluding hydrogens is 473 g/mol. The number of aliphatic imine (C=N–C) groups is 1. The highest BCUT2D eigenvalue weighted by Gasteiger charge is 2.09. The summed E-state index contributed by atoms with van der Waals surface area (Å²) in [6.45, 7) is 7.48. The number of rotatable bonds is 9. The van der Waals surface area contributed by atoms with Crippen LogP contribution in [-0.4, -0.2) is 37.0 Å². The third kappa shape index (κ3) is 9.29. The first-order valence-electron chi connectivity index (χ1n) is 9.87. The Morgan fingerprint density at radius 1 is 1.10 bits per heavy atom. The van der Waals surface area contributed by atoms with Gasteiger partial charge in [0.15, 0.2) is 5.96 Å². The summed E-state index contributed by atoms with van der Waals surface area (Å²) in [6.07, 6.45) is 1.03. The summed E-state index contributed by atoms with van der Waals surface area (Å²) < 4.78 is 0. The zero-order chi connectivity index (χ0) is 20.2. The predicted octanol–water partition coefficient (Wildman–Crippen LogP) is 4.14. The zero-order valence-electron chi connectivity index (χ0n) is 17.6. The molecule has 0 aliphatic rings. The van der Waals surface area contributed by atoms with Crippen molar-refractivity contribution in [1.82, 2.24) is 15.5 Å². The molecule has 1 atom stereocenters. The van der Waals surface area contributed by atoms with Crippen LogP contribution in [0.5, 0.6) is 0 Å². The summed E-state index contributed by atoms with van der Waals surface area (Å²) in [5.41, 5.74) is 3.03. The lowest BCUT2D eigenvalue weighted by molar-refractivity contribution is 0.238. The van der Waals surface area contributed by atoms with E-state index in [4.69, 9.17) is 5.26 Å². The van der Waals surface area contributed by atoms with Gasteiger partial charge < -0.3 is 10.6 Å². The highest BCUT2D eigenvalue weighted by molar-refractivity contribution is 14.0. The second-order valence-electron chi connectivity index (χ2n) is 6.97. The molecule has 0 aliphatic heterocycles. The minimum Gasteiger partial charge on any atom is -0.357 e. The van der Waals surface area contributed by atoms with E-state index < -0.39 is 0 Å². The molecule has 0 bridgehead atoms. The number of nitriles is 1. The first-order chi connectivity index (χ1) is 13.6. The van der Waals surface area contributed by atoms with Crippen molar-refractivity contribution in [2.75, 3.05) is 20.1 Å². The van der Waals surface area contributed by atoms with Crippen molar-refractivity contribution >= 4 is 29.9 Å². The average Bonchev–Trinajstić information content (AvgIpc) is 2.72. The third-order valence-electron chi connectivity index (χ3n) is 4.70. The molecule has 2 N–H and O–H groups in total. The summed E-state index contributed by atoms with van der Waals surface area (Å²) >= 11 is 0. The molecule has 0 radical (unpaired) electrons. The third-order valence-corrected chi connectivity index (χ3v) is 4.70. The molecule has 2 aromatic carbocycles. The largest absolute Gasteiger partial charge is 0.357 e. The first kappa shape index (κ1) is 24.9. The maximum absolute atomic E-state index is 9.02. The molecule has 2 rings (SSSR count). The fraction of sp³-hybridized carbons (Fsp3) is 0.391. The molecule has 0 aliphatic carbocycles. The van der Waals surface area contributed by atoms with Crippen LogP contribution in [-0.2, 0) is 13.1 Å². The Bertz CT molecular complexity index is 785. The van der Waals surface area contributed by atoms with Crippen molar-refractivity contribution in [3.8, 4) is 6.07 Å². The van der Waals surface area contributed by atoms with Gasteiger partial charge in [0.1, 0.15) is 0 Å². The second kappa shape index (κ2) is 14.0. The van der Waals surface area contributed by atoms with E-state index in [0.717, 1.165) is 37.6 Å². The second-order valence-corrected chi connectivity index (χ2v) is 6.97. The van der Waals surface area contributed by atoms with Crippen molar-refractivity contribution < 1.29 is 0 Å². The predicted molar refractivity (Wildman–Crippen MR) is 131 cm³/mol. The quantitative estimate of drug-likeness (QED) is 0.306. The van der Waals surface area contributed by atoms with Crippen molar-refractivity contribution in [3.05, 3.63) is 71.3 Å². The van der Waals surface area contributed by atoms with Crippen molar-refractivity contribution in [2.24, 2.45) is 4.99 Å². The number of nitrogens with zero attached hydrogens (tertiary/aromatic N) is 3. The molecule has 0 saturated heterocycles. The minimum atomic E-state index is 0. The van der Waals surface area contributed by atoms with Crippen LogP contribution in [0.25, 0.3) is 0 Å². The highest BCUT2D eigenvalue weighted by Crippen LogP contribution is 2.08. The van der Waals surface area contributed by atoms with Gasteiger partial charge in [-0.2, -0.15) is 5.26 Å². The molecule has 0 heterocycles. The fourth-order valence-electron chi connectivity index (χ4n) is 2.90. The van der Waals surface area contributed by atoms with Gasteiger partial charge in [-0.3, -0.25) is 4.90 Å². The van der Waals surface area contributed by atoms with Crippen LogP contribution in [0, 0.1) is 11.3 Å². The zero-order valence-corrected chi connectivity index (χ0v) is 19.9. The summed E-state index contributed by atoms with van der Waals surface area (Å²) in [7, 11) is 2.17. The van der Waals surface area contributed by atoms with Gasteiger partial charge in [-0.1, -0.05) is 42.5 Å². The van der Waals surface area contributed by atoms with Gasteiger partial charge in [0.25, 0.3) is 0 Å². The van der Waals surface area contributed by atoms with E-state index in [1.54, 1.807) is 0 Å². The Kier molecular flexibility index (Phi) is 12.0. The topological polar surface area (TPSA) is 63.5 Å². The number of benzene rings is 2.